The van der Waals surface area contributed by atoms with Gasteiger partial charge in [-0.25, -0.2) is 0 Å². The molecule has 0 aliphatic heterocycles. The maximum Gasteiger partial charge on any atom is 0.391 e. The van der Waals surface area contributed by atoms with Crippen molar-refractivity contribution in [1.82, 2.24) is 5.32 Å². The summed E-state index contributed by atoms with van der Waals surface area (Å²) in [4.78, 5) is 11.8. The van der Waals surface area contributed by atoms with E-state index in [9.17, 15) is 18.0 Å². The van der Waals surface area contributed by atoms with Gasteiger partial charge in [-0.05, 0) is 32.0 Å². The van der Waals surface area contributed by atoms with Crippen molar-refractivity contribution in [3.05, 3.63) is 23.8 Å². The van der Waals surface area contributed by atoms with E-state index in [0.717, 1.165) is 0 Å². The van der Waals surface area contributed by atoms with Crippen LogP contribution in [0.2, 0.25) is 0 Å². The van der Waals surface area contributed by atoms with Crippen molar-refractivity contribution in [2.24, 2.45) is 0 Å². The third-order valence-corrected chi connectivity index (χ3v) is 2.49. The number of ether oxygens (including phenoxy) is 1. The molecule has 0 spiro atoms. The van der Waals surface area contributed by atoms with Crippen molar-refractivity contribution in [2.45, 2.75) is 32.5 Å². The molecule has 0 aromatic heterocycles. The molecule has 0 heterocycles. The van der Waals surface area contributed by atoms with Gasteiger partial charge in [0.25, 0.3) is 5.91 Å². The van der Waals surface area contributed by atoms with Crippen LogP contribution in [-0.2, 0) is 0 Å². The van der Waals surface area contributed by atoms with Gasteiger partial charge in [-0.1, -0.05) is 0 Å². The van der Waals surface area contributed by atoms with E-state index in [2.05, 4.69) is 5.32 Å². The van der Waals surface area contributed by atoms with E-state index in [1.165, 1.54) is 25.1 Å². The molecule has 7 heteroatoms. The van der Waals surface area contributed by atoms with Crippen molar-refractivity contribution >= 4 is 11.6 Å². The number of anilines is 1. The van der Waals surface area contributed by atoms with Crippen LogP contribution < -0.4 is 15.8 Å². The zero-order chi connectivity index (χ0) is 15.3. The lowest BCUT2D eigenvalue weighted by atomic mass is 10.1. The van der Waals surface area contributed by atoms with Crippen LogP contribution in [0.5, 0.6) is 5.75 Å². The minimum absolute atomic E-state index is 0.194. The summed E-state index contributed by atoms with van der Waals surface area (Å²) in [6.45, 7) is 3.51. The highest BCUT2D eigenvalue weighted by molar-refractivity contribution is 5.95. The molecule has 0 radical (unpaired) electrons. The minimum Gasteiger partial charge on any atom is -0.492 e. The number of halogens is 3. The highest BCUT2D eigenvalue weighted by Crippen LogP contribution is 2.23. The molecular weight excluding hydrogens is 273 g/mol. The molecule has 1 amide bonds. The Balaban J connectivity index is 2.71. The third kappa shape index (κ3) is 4.99. The van der Waals surface area contributed by atoms with Crippen molar-refractivity contribution in [2.75, 3.05) is 12.3 Å². The summed E-state index contributed by atoms with van der Waals surface area (Å²) in [6, 6.07) is 3.34. The van der Waals surface area contributed by atoms with E-state index in [0.29, 0.717) is 12.4 Å². The van der Waals surface area contributed by atoms with Crippen LogP contribution >= 0.6 is 0 Å². The summed E-state index contributed by atoms with van der Waals surface area (Å²) in [6.07, 6.45) is -5.39. The molecule has 1 atom stereocenters. The van der Waals surface area contributed by atoms with Gasteiger partial charge in [-0.3, -0.25) is 4.79 Å². The largest absolute Gasteiger partial charge is 0.492 e. The van der Waals surface area contributed by atoms with Gasteiger partial charge in [0.1, 0.15) is 5.75 Å². The van der Waals surface area contributed by atoms with E-state index >= 15 is 0 Å². The second kappa shape index (κ2) is 6.49. The molecule has 4 nitrogen and oxygen atoms in total. The Bertz CT molecular complexity index is 475. The molecular formula is C13H17F3N2O2. The van der Waals surface area contributed by atoms with E-state index in [1.54, 1.807) is 6.92 Å². The first-order valence-corrected chi connectivity index (χ1v) is 6.13. The Morgan fingerprint density at radius 3 is 2.60 bits per heavy atom. The monoisotopic (exact) mass is 290 g/mol. The van der Waals surface area contributed by atoms with Gasteiger partial charge in [0.05, 0.1) is 18.7 Å². The molecule has 3 N–H and O–H groups in total. The normalized spacial score (nSPS) is 12.8. The second-order valence-corrected chi connectivity index (χ2v) is 4.38. The molecule has 1 aromatic rings. The smallest absolute Gasteiger partial charge is 0.391 e. The Hall–Kier alpha value is -1.92. The molecule has 1 aromatic carbocycles. The summed E-state index contributed by atoms with van der Waals surface area (Å²) in [7, 11) is 0. The zero-order valence-corrected chi connectivity index (χ0v) is 11.3. The van der Waals surface area contributed by atoms with Crippen LogP contribution in [0.1, 0.15) is 30.6 Å². The summed E-state index contributed by atoms with van der Waals surface area (Å²) < 4.78 is 41.7. The summed E-state index contributed by atoms with van der Waals surface area (Å²) in [5.74, 6) is -0.163. The molecule has 112 valence electrons. The van der Waals surface area contributed by atoms with Crippen LogP contribution in [0.15, 0.2) is 18.2 Å². The van der Waals surface area contributed by atoms with Crippen LogP contribution in [0.25, 0.3) is 0 Å². The topological polar surface area (TPSA) is 64.3 Å². The number of benzene rings is 1. The quantitative estimate of drug-likeness (QED) is 0.820. The predicted molar refractivity (Wildman–Crippen MR) is 69.6 cm³/mol. The summed E-state index contributed by atoms with van der Waals surface area (Å²) in [5.41, 5.74) is 6.15. The van der Waals surface area contributed by atoms with E-state index < -0.39 is 24.5 Å². The molecule has 1 rings (SSSR count). The number of nitrogen functional groups attached to an aromatic ring is 1. The molecule has 0 saturated carbocycles. The van der Waals surface area contributed by atoms with Gasteiger partial charge in [0, 0.05) is 11.6 Å². The van der Waals surface area contributed by atoms with Gasteiger partial charge in [0.2, 0.25) is 0 Å². The molecule has 1 unspecified atom stereocenters. The second-order valence-electron chi connectivity index (χ2n) is 4.38. The van der Waals surface area contributed by atoms with Gasteiger partial charge in [-0.15, -0.1) is 0 Å². The standard InChI is InChI=1S/C13H17F3N2O2/c1-3-20-11-5-4-9(6-10(11)17)12(19)18-8(2)7-13(14,15)16/h4-6,8H,3,7,17H2,1-2H3,(H,18,19). The van der Waals surface area contributed by atoms with E-state index in [-0.39, 0.29) is 11.3 Å². The van der Waals surface area contributed by atoms with E-state index in [4.69, 9.17) is 10.5 Å². The molecule has 0 saturated heterocycles. The fourth-order valence-corrected chi connectivity index (χ4v) is 1.68. The first kappa shape index (κ1) is 16.1. The fourth-order valence-electron chi connectivity index (χ4n) is 1.68. The molecule has 0 aliphatic carbocycles. The fraction of sp³-hybridized carbons (Fsp3) is 0.462. The van der Waals surface area contributed by atoms with Crippen molar-refractivity contribution in [3.63, 3.8) is 0 Å². The van der Waals surface area contributed by atoms with Crippen LogP contribution in [0.4, 0.5) is 18.9 Å². The number of alkyl halides is 3. The first-order chi connectivity index (χ1) is 9.23. The highest BCUT2D eigenvalue weighted by Gasteiger charge is 2.30. The Labute approximate surface area is 115 Å². The summed E-state index contributed by atoms with van der Waals surface area (Å²) >= 11 is 0. The lowest BCUT2D eigenvalue weighted by Gasteiger charge is -2.16. The average Bonchev–Trinajstić information content (AvgIpc) is 2.29. The number of amides is 1. The maximum absolute atomic E-state index is 12.2. The van der Waals surface area contributed by atoms with Gasteiger partial charge in [-0.2, -0.15) is 13.2 Å². The number of rotatable bonds is 5. The van der Waals surface area contributed by atoms with E-state index in [1.807, 2.05) is 0 Å². The molecule has 0 fully saturated rings. The Kier molecular flexibility index (Phi) is 5.24. The molecule has 20 heavy (non-hydrogen) atoms. The minimum atomic E-state index is -4.31. The predicted octanol–water partition coefficient (Wildman–Crippen LogP) is 2.74. The Morgan fingerprint density at radius 1 is 1.45 bits per heavy atom. The van der Waals surface area contributed by atoms with Crippen LogP contribution in [0.3, 0.4) is 0 Å². The third-order valence-electron chi connectivity index (χ3n) is 2.49. The molecule has 0 bridgehead atoms. The summed E-state index contributed by atoms with van der Waals surface area (Å²) in [5, 5.41) is 2.28. The number of carbonyl (C=O) groups excluding carboxylic acids is 1. The van der Waals surface area contributed by atoms with Gasteiger partial charge in [0.15, 0.2) is 0 Å². The average molecular weight is 290 g/mol. The first-order valence-electron chi connectivity index (χ1n) is 6.13. The zero-order valence-electron chi connectivity index (χ0n) is 11.3. The van der Waals surface area contributed by atoms with Crippen LogP contribution in [0, 0.1) is 0 Å². The Morgan fingerprint density at radius 2 is 2.10 bits per heavy atom. The number of hydrogen-bond donors (Lipinski definition) is 2. The lowest BCUT2D eigenvalue weighted by Crippen LogP contribution is -2.35. The van der Waals surface area contributed by atoms with Crippen molar-refractivity contribution < 1.29 is 22.7 Å². The van der Waals surface area contributed by atoms with Crippen LogP contribution in [-0.4, -0.2) is 24.7 Å². The van der Waals surface area contributed by atoms with Crippen molar-refractivity contribution in [1.29, 1.82) is 0 Å². The number of hydrogen-bond acceptors (Lipinski definition) is 3. The van der Waals surface area contributed by atoms with Crippen molar-refractivity contribution in [3.8, 4) is 5.75 Å². The lowest BCUT2D eigenvalue weighted by molar-refractivity contribution is -0.138. The number of carbonyl (C=O) groups is 1. The highest BCUT2D eigenvalue weighted by atomic mass is 19.4. The maximum atomic E-state index is 12.2. The SMILES string of the molecule is CCOc1ccc(C(=O)NC(C)CC(F)(F)F)cc1N. The number of nitrogens with two attached hydrogens (primary N) is 1. The number of nitrogens with one attached hydrogen (secondary N) is 1. The van der Waals surface area contributed by atoms with Gasteiger partial charge >= 0.3 is 6.18 Å². The molecule has 0 aliphatic rings. The van der Waals surface area contributed by atoms with Gasteiger partial charge < -0.3 is 15.8 Å².